The van der Waals surface area contributed by atoms with Gasteiger partial charge in [0.25, 0.3) is 11.8 Å². The van der Waals surface area contributed by atoms with Crippen molar-refractivity contribution in [2.75, 3.05) is 39.3 Å². The van der Waals surface area contributed by atoms with Crippen LogP contribution < -0.4 is 14.8 Å². The van der Waals surface area contributed by atoms with Gasteiger partial charge < -0.3 is 19.5 Å². The van der Waals surface area contributed by atoms with Gasteiger partial charge in [-0.2, -0.15) is 0 Å². The highest BCUT2D eigenvalue weighted by Gasteiger charge is 2.33. The lowest BCUT2D eigenvalue weighted by molar-refractivity contribution is -0.122. The smallest absolute Gasteiger partial charge is 0.266 e. The molecule has 39 heavy (non-hydrogen) atoms. The second-order valence-corrected chi connectivity index (χ2v) is 9.58. The molecule has 0 radical (unpaired) electrons. The highest BCUT2D eigenvalue weighted by Crippen LogP contribution is 2.35. The Morgan fingerprint density at radius 1 is 1.13 bits per heavy atom. The Bertz CT molecular complexity index is 1410. The predicted molar refractivity (Wildman–Crippen MR) is 151 cm³/mol. The normalized spacial score (nSPS) is 15.2. The maximum Gasteiger partial charge on any atom is 0.266 e. The summed E-state index contributed by atoms with van der Waals surface area (Å²) < 4.78 is 29.6. The van der Waals surface area contributed by atoms with Crippen molar-refractivity contribution in [3.8, 4) is 11.5 Å². The number of para-hydroxylation sites is 1. The van der Waals surface area contributed by atoms with Crippen LogP contribution in [0.4, 0.5) is 15.8 Å². The van der Waals surface area contributed by atoms with Gasteiger partial charge in [-0.1, -0.05) is 29.8 Å². The van der Waals surface area contributed by atoms with Crippen LogP contribution >= 0.6 is 23.4 Å². The minimum atomic E-state index is -0.543. The number of nitrogens with one attached hydrogen (secondary N) is 1. The second kappa shape index (κ2) is 13.3. The van der Waals surface area contributed by atoms with Crippen molar-refractivity contribution < 1.29 is 28.2 Å². The number of hydrogen-bond acceptors (Lipinski definition) is 7. The topological polar surface area (TPSA) is 89.5 Å². The Morgan fingerprint density at radius 2 is 1.90 bits per heavy atom. The van der Waals surface area contributed by atoms with E-state index in [4.69, 9.17) is 25.8 Å². The first-order valence-electron chi connectivity index (χ1n) is 11.8. The molecule has 0 unspecified atom stereocenters. The van der Waals surface area contributed by atoms with Gasteiger partial charge in [0, 0.05) is 7.11 Å². The number of amides is 2. The molecule has 1 fully saturated rings. The van der Waals surface area contributed by atoms with Crippen LogP contribution in [0.2, 0.25) is 5.02 Å². The molecule has 0 saturated carbocycles. The van der Waals surface area contributed by atoms with Crippen LogP contribution in [0.5, 0.6) is 11.5 Å². The quantitative estimate of drug-likeness (QED) is 0.313. The van der Waals surface area contributed by atoms with Gasteiger partial charge in [0.05, 0.1) is 41.6 Å². The third kappa shape index (κ3) is 7.38. The molecule has 202 valence electrons. The van der Waals surface area contributed by atoms with Crippen LogP contribution in [-0.4, -0.2) is 55.9 Å². The number of thioether (sulfide) groups is 1. The largest absolute Gasteiger partial charge is 0.497 e. The van der Waals surface area contributed by atoms with Crippen LogP contribution in [0.25, 0.3) is 6.08 Å². The number of hydrogen-bond donors (Lipinski definition) is 1. The molecule has 1 aliphatic heterocycles. The van der Waals surface area contributed by atoms with Crippen molar-refractivity contribution in [1.29, 1.82) is 0 Å². The molecular formula is C28H25ClFN3O5S. The summed E-state index contributed by atoms with van der Waals surface area (Å²) >= 11 is 7.63. The maximum atomic E-state index is 13.7. The van der Waals surface area contributed by atoms with Crippen LogP contribution in [0, 0.1) is 5.82 Å². The summed E-state index contributed by atoms with van der Waals surface area (Å²) in [4.78, 5) is 32.0. The maximum absolute atomic E-state index is 13.7. The molecule has 3 aromatic carbocycles. The van der Waals surface area contributed by atoms with Crippen LogP contribution in [0.1, 0.15) is 5.56 Å². The molecule has 8 nitrogen and oxygen atoms in total. The Morgan fingerprint density at radius 3 is 2.59 bits per heavy atom. The first kappa shape index (κ1) is 28.2. The summed E-state index contributed by atoms with van der Waals surface area (Å²) in [5.74, 6) is -0.295. The number of nitrogens with zero attached hydrogens (tertiary/aromatic N) is 2. The first-order chi connectivity index (χ1) is 18.9. The van der Waals surface area contributed by atoms with Gasteiger partial charge in [-0.25, -0.2) is 9.38 Å². The van der Waals surface area contributed by atoms with Crippen LogP contribution in [0.3, 0.4) is 0 Å². The number of methoxy groups -OCH3 is 2. The number of carbonyl (C=O) groups is 2. The average Bonchev–Trinajstić information content (AvgIpc) is 3.21. The minimum absolute atomic E-state index is 0.0624. The van der Waals surface area contributed by atoms with Crippen molar-refractivity contribution in [2.45, 2.75) is 0 Å². The van der Waals surface area contributed by atoms with Gasteiger partial charge in [0.1, 0.15) is 17.3 Å². The molecular weight excluding hydrogens is 545 g/mol. The van der Waals surface area contributed by atoms with E-state index in [0.29, 0.717) is 40.2 Å². The van der Waals surface area contributed by atoms with E-state index in [1.807, 2.05) is 12.1 Å². The molecule has 0 bridgehead atoms. The number of benzene rings is 3. The van der Waals surface area contributed by atoms with Gasteiger partial charge in [-0.3, -0.25) is 14.5 Å². The fourth-order valence-electron chi connectivity index (χ4n) is 3.51. The summed E-state index contributed by atoms with van der Waals surface area (Å²) in [6.07, 6.45) is 1.71. The van der Waals surface area contributed by atoms with E-state index in [2.05, 4.69) is 10.3 Å². The van der Waals surface area contributed by atoms with Crippen LogP contribution in [-0.2, 0) is 14.3 Å². The standard InChI is InChI=1S/C28H25ClFN3O5S/c1-36-14-13-33-27(35)25(39-28(33)31-19-8-10-20(37-2)11-9-19)16-18-7-12-24(21(29)15-18)38-17-26(34)32-23-6-4-3-5-22(23)30/h3-12,15-16H,13-14,17H2,1-2H3,(H,32,34)/b25-16-,31-28?. The molecule has 11 heteroatoms. The van der Waals surface area contributed by atoms with Gasteiger partial charge in [-0.15, -0.1) is 0 Å². The molecule has 1 heterocycles. The Hall–Kier alpha value is -3.86. The predicted octanol–water partition coefficient (Wildman–Crippen LogP) is 5.76. The number of anilines is 1. The molecule has 3 aromatic rings. The lowest BCUT2D eigenvalue weighted by Gasteiger charge is -2.14. The fourth-order valence-corrected chi connectivity index (χ4v) is 4.77. The molecule has 0 atom stereocenters. The molecule has 1 saturated heterocycles. The summed E-state index contributed by atoms with van der Waals surface area (Å²) in [6, 6.07) is 18.0. The van der Waals surface area contributed by atoms with Gasteiger partial charge in [0.2, 0.25) is 0 Å². The lowest BCUT2D eigenvalue weighted by atomic mass is 10.2. The summed E-state index contributed by atoms with van der Waals surface area (Å²) in [6.45, 7) is 0.336. The van der Waals surface area contributed by atoms with Gasteiger partial charge in [0.15, 0.2) is 11.8 Å². The molecule has 1 N–H and O–H groups in total. The monoisotopic (exact) mass is 569 g/mol. The summed E-state index contributed by atoms with van der Waals surface area (Å²) in [7, 11) is 3.16. The highest BCUT2D eigenvalue weighted by molar-refractivity contribution is 8.18. The third-order valence-corrected chi connectivity index (χ3v) is 6.77. The van der Waals surface area contributed by atoms with E-state index in [9.17, 15) is 14.0 Å². The number of aliphatic imine (C=N–C) groups is 1. The van der Waals surface area contributed by atoms with Crippen molar-refractivity contribution in [1.82, 2.24) is 4.90 Å². The molecule has 0 aromatic heterocycles. The molecule has 0 aliphatic carbocycles. The van der Waals surface area contributed by atoms with Crippen molar-refractivity contribution >= 4 is 57.8 Å². The second-order valence-electron chi connectivity index (χ2n) is 8.16. The Balaban J connectivity index is 1.46. The van der Waals surface area contributed by atoms with E-state index in [1.165, 1.54) is 30.0 Å². The van der Waals surface area contributed by atoms with Crippen molar-refractivity contribution in [3.63, 3.8) is 0 Å². The van der Waals surface area contributed by atoms with Crippen molar-refractivity contribution in [3.05, 3.63) is 88.0 Å². The lowest BCUT2D eigenvalue weighted by Crippen LogP contribution is -2.32. The highest BCUT2D eigenvalue weighted by atomic mass is 35.5. The molecule has 2 amide bonds. The molecule has 1 aliphatic rings. The number of ether oxygens (including phenoxy) is 3. The molecule has 4 rings (SSSR count). The van der Waals surface area contributed by atoms with E-state index in [1.54, 1.807) is 61.6 Å². The zero-order valence-corrected chi connectivity index (χ0v) is 22.7. The van der Waals surface area contributed by atoms with E-state index in [-0.39, 0.29) is 29.0 Å². The van der Waals surface area contributed by atoms with E-state index < -0.39 is 11.7 Å². The van der Waals surface area contributed by atoms with Gasteiger partial charge >= 0.3 is 0 Å². The third-order valence-electron chi connectivity index (χ3n) is 5.46. The van der Waals surface area contributed by atoms with Gasteiger partial charge in [-0.05, 0) is 71.9 Å². The van der Waals surface area contributed by atoms with E-state index >= 15 is 0 Å². The number of halogens is 2. The number of rotatable bonds is 10. The Kier molecular flexibility index (Phi) is 9.59. The fraction of sp³-hybridized carbons (Fsp3) is 0.179. The summed E-state index contributed by atoms with van der Waals surface area (Å²) in [5.41, 5.74) is 1.40. The Labute approximate surface area is 234 Å². The van der Waals surface area contributed by atoms with Crippen molar-refractivity contribution in [2.24, 2.45) is 4.99 Å². The molecule has 0 spiro atoms. The average molecular weight is 570 g/mol. The SMILES string of the molecule is COCCN1C(=O)/C(=C/c2ccc(OCC(=O)Nc3ccccc3F)c(Cl)c2)SC1=Nc1ccc(OC)cc1. The summed E-state index contributed by atoms with van der Waals surface area (Å²) in [5, 5.41) is 3.23. The zero-order valence-electron chi connectivity index (χ0n) is 21.1. The zero-order chi connectivity index (χ0) is 27.8. The minimum Gasteiger partial charge on any atom is -0.497 e. The number of carbonyl (C=O) groups excluding carboxylic acids is 2. The van der Waals surface area contributed by atoms with E-state index in [0.717, 1.165) is 0 Å². The van der Waals surface area contributed by atoms with Crippen LogP contribution in [0.15, 0.2) is 76.6 Å². The first-order valence-corrected chi connectivity index (χ1v) is 13.0. The number of amidine groups is 1.